The fourth-order valence-electron chi connectivity index (χ4n) is 1.11. The summed E-state index contributed by atoms with van der Waals surface area (Å²) < 4.78 is 2.95. The molecule has 0 unspecified atom stereocenters. The van der Waals surface area contributed by atoms with Crippen LogP contribution in [0.4, 0.5) is 0 Å². The van der Waals surface area contributed by atoms with Crippen molar-refractivity contribution in [2.45, 2.75) is 25.3 Å². The van der Waals surface area contributed by atoms with Crippen LogP contribution in [-0.2, 0) is 0 Å². The zero-order chi connectivity index (χ0) is 6.97. The molecule has 0 atom stereocenters. The zero-order valence-corrected chi connectivity index (χ0v) is 7.08. The Morgan fingerprint density at radius 2 is 2.40 bits per heavy atom. The monoisotopic (exact) mass is 201 g/mol. The number of rotatable bonds is 1. The molecule has 4 heteroatoms. The maximum absolute atomic E-state index is 3.96. The van der Waals surface area contributed by atoms with Crippen molar-refractivity contribution >= 4 is 15.9 Å². The summed E-state index contributed by atoms with van der Waals surface area (Å²) in [6, 6.07) is 0.608. The Morgan fingerprint density at radius 1 is 1.60 bits per heavy atom. The van der Waals surface area contributed by atoms with Crippen molar-refractivity contribution in [1.29, 1.82) is 0 Å². The highest BCUT2D eigenvalue weighted by Gasteiger charge is 2.21. The molecule has 0 saturated heterocycles. The average Bonchev–Trinajstić information content (AvgIpc) is 2.12. The van der Waals surface area contributed by atoms with Crippen LogP contribution in [0.3, 0.4) is 0 Å². The van der Waals surface area contributed by atoms with E-state index >= 15 is 0 Å². The molecule has 0 amide bonds. The van der Waals surface area contributed by atoms with E-state index in [1.807, 2.05) is 4.68 Å². The standard InChI is InChI=1S/C6H8BrN3/c7-6-4-8-9-10(6)5-2-1-3-5/h4-5H,1-3H2. The first-order valence-corrected chi connectivity index (χ1v) is 4.23. The van der Waals surface area contributed by atoms with E-state index in [2.05, 4.69) is 26.2 Å². The van der Waals surface area contributed by atoms with Gasteiger partial charge in [0.25, 0.3) is 0 Å². The van der Waals surface area contributed by atoms with Crippen LogP contribution in [0.5, 0.6) is 0 Å². The summed E-state index contributed by atoms with van der Waals surface area (Å²) in [7, 11) is 0. The lowest BCUT2D eigenvalue weighted by Gasteiger charge is -2.25. The summed E-state index contributed by atoms with van der Waals surface area (Å²) in [4.78, 5) is 0. The topological polar surface area (TPSA) is 30.7 Å². The third-order valence-corrected chi connectivity index (χ3v) is 2.52. The van der Waals surface area contributed by atoms with E-state index in [4.69, 9.17) is 0 Å². The van der Waals surface area contributed by atoms with E-state index in [0.717, 1.165) is 4.60 Å². The van der Waals surface area contributed by atoms with Gasteiger partial charge in [0.2, 0.25) is 0 Å². The Hall–Kier alpha value is -0.380. The van der Waals surface area contributed by atoms with Gasteiger partial charge < -0.3 is 0 Å². The minimum Gasteiger partial charge on any atom is -0.235 e. The van der Waals surface area contributed by atoms with Crippen LogP contribution in [0.15, 0.2) is 10.8 Å². The molecule has 10 heavy (non-hydrogen) atoms. The van der Waals surface area contributed by atoms with E-state index in [1.54, 1.807) is 6.20 Å². The maximum Gasteiger partial charge on any atom is 0.124 e. The second kappa shape index (κ2) is 2.34. The smallest absolute Gasteiger partial charge is 0.124 e. The molecule has 0 aliphatic heterocycles. The molecule has 0 aromatic carbocycles. The molecule has 1 aliphatic rings. The molecule has 1 aromatic heterocycles. The average molecular weight is 202 g/mol. The quantitative estimate of drug-likeness (QED) is 0.694. The normalized spacial score (nSPS) is 18.9. The van der Waals surface area contributed by atoms with Crippen molar-refractivity contribution in [2.75, 3.05) is 0 Å². The van der Waals surface area contributed by atoms with Gasteiger partial charge in [-0.15, -0.1) is 5.10 Å². The Morgan fingerprint density at radius 3 is 2.80 bits per heavy atom. The molecule has 1 aliphatic carbocycles. The maximum atomic E-state index is 3.96. The van der Waals surface area contributed by atoms with Gasteiger partial charge in [0, 0.05) is 0 Å². The second-order valence-corrected chi connectivity index (χ2v) is 3.40. The van der Waals surface area contributed by atoms with Crippen LogP contribution in [-0.4, -0.2) is 15.0 Å². The summed E-state index contributed by atoms with van der Waals surface area (Å²) in [5.74, 6) is 0. The molecule has 54 valence electrons. The number of hydrogen-bond acceptors (Lipinski definition) is 2. The summed E-state index contributed by atoms with van der Waals surface area (Å²) >= 11 is 3.38. The molecular formula is C6H8BrN3. The minimum atomic E-state index is 0.608. The molecule has 3 nitrogen and oxygen atoms in total. The lowest BCUT2D eigenvalue weighted by Crippen LogP contribution is -2.18. The molecule has 1 aromatic rings. The molecule has 0 radical (unpaired) electrons. The second-order valence-electron chi connectivity index (χ2n) is 2.59. The Bertz CT molecular complexity index is 229. The summed E-state index contributed by atoms with van der Waals surface area (Å²) in [6.45, 7) is 0. The fourth-order valence-corrected chi connectivity index (χ4v) is 1.56. The highest BCUT2D eigenvalue weighted by Crippen LogP contribution is 2.32. The highest BCUT2D eigenvalue weighted by molar-refractivity contribution is 9.10. The summed E-state index contributed by atoms with van der Waals surface area (Å²) in [6.07, 6.45) is 5.57. The van der Waals surface area contributed by atoms with Crippen LogP contribution >= 0.6 is 15.9 Å². The van der Waals surface area contributed by atoms with Gasteiger partial charge in [-0.1, -0.05) is 5.21 Å². The largest absolute Gasteiger partial charge is 0.235 e. The summed E-state index contributed by atoms with van der Waals surface area (Å²) in [5.41, 5.74) is 0. The van der Waals surface area contributed by atoms with Crippen molar-refractivity contribution in [3.05, 3.63) is 10.8 Å². The Labute approximate surface area is 67.5 Å². The van der Waals surface area contributed by atoms with Crippen molar-refractivity contribution in [3.8, 4) is 0 Å². The van der Waals surface area contributed by atoms with Crippen molar-refractivity contribution in [1.82, 2.24) is 15.0 Å². The van der Waals surface area contributed by atoms with Gasteiger partial charge in [-0.25, -0.2) is 4.68 Å². The van der Waals surface area contributed by atoms with Crippen molar-refractivity contribution < 1.29 is 0 Å². The summed E-state index contributed by atoms with van der Waals surface area (Å²) in [5, 5.41) is 7.75. The predicted octanol–water partition coefficient (Wildman–Crippen LogP) is 1.77. The van der Waals surface area contributed by atoms with E-state index in [0.29, 0.717) is 6.04 Å². The van der Waals surface area contributed by atoms with Crippen molar-refractivity contribution in [3.63, 3.8) is 0 Å². The first kappa shape index (κ1) is 6.34. The van der Waals surface area contributed by atoms with Crippen LogP contribution in [0, 0.1) is 0 Å². The van der Waals surface area contributed by atoms with Crippen LogP contribution < -0.4 is 0 Å². The third kappa shape index (κ3) is 0.868. The Balaban J connectivity index is 2.23. The van der Waals surface area contributed by atoms with E-state index < -0.39 is 0 Å². The van der Waals surface area contributed by atoms with Gasteiger partial charge >= 0.3 is 0 Å². The fraction of sp³-hybridized carbons (Fsp3) is 0.667. The van der Waals surface area contributed by atoms with Gasteiger partial charge in [0.1, 0.15) is 4.60 Å². The van der Waals surface area contributed by atoms with Gasteiger partial charge in [-0.3, -0.25) is 0 Å². The molecule has 1 heterocycles. The van der Waals surface area contributed by atoms with Crippen LogP contribution in [0.25, 0.3) is 0 Å². The molecule has 0 bridgehead atoms. The predicted molar refractivity (Wildman–Crippen MR) is 40.6 cm³/mol. The molecule has 1 fully saturated rings. The SMILES string of the molecule is Brc1cnnn1C1CCC1. The van der Waals surface area contributed by atoms with Gasteiger partial charge in [-0.05, 0) is 35.2 Å². The lowest BCUT2D eigenvalue weighted by atomic mass is 9.93. The molecule has 1 saturated carbocycles. The van der Waals surface area contributed by atoms with Crippen molar-refractivity contribution in [2.24, 2.45) is 0 Å². The molecular weight excluding hydrogens is 194 g/mol. The van der Waals surface area contributed by atoms with Gasteiger partial charge in [-0.2, -0.15) is 0 Å². The van der Waals surface area contributed by atoms with E-state index in [1.165, 1.54) is 19.3 Å². The molecule has 2 rings (SSSR count). The number of halogens is 1. The van der Waals surface area contributed by atoms with Gasteiger partial charge in [0.15, 0.2) is 0 Å². The highest BCUT2D eigenvalue weighted by atomic mass is 79.9. The van der Waals surface area contributed by atoms with Crippen LogP contribution in [0.2, 0.25) is 0 Å². The number of nitrogens with zero attached hydrogens (tertiary/aromatic N) is 3. The first-order valence-electron chi connectivity index (χ1n) is 3.43. The molecule has 0 N–H and O–H groups in total. The van der Waals surface area contributed by atoms with E-state index in [-0.39, 0.29) is 0 Å². The third-order valence-electron chi connectivity index (χ3n) is 1.95. The molecule has 0 spiro atoms. The Kier molecular flexibility index (Phi) is 1.48. The van der Waals surface area contributed by atoms with Gasteiger partial charge in [0.05, 0.1) is 12.2 Å². The first-order chi connectivity index (χ1) is 4.88. The number of hydrogen-bond donors (Lipinski definition) is 0. The van der Waals surface area contributed by atoms with Crippen LogP contribution in [0.1, 0.15) is 25.3 Å². The lowest BCUT2D eigenvalue weighted by molar-refractivity contribution is 0.280. The zero-order valence-electron chi connectivity index (χ0n) is 5.50. The van der Waals surface area contributed by atoms with E-state index in [9.17, 15) is 0 Å². The number of aromatic nitrogens is 3. The minimum absolute atomic E-state index is 0.608.